The van der Waals surface area contributed by atoms with E-state index in [1.54, 1.807) is 0 Å². The fourth-order valence-electron chi connectivity index (χ4n) is 2.17. The Morgan fingerprint density at radius 3 is 2.47 bits per heavy atom. The van der Waals surface area contributed by atoms with Crippen LogP contribution in [0, 0.1) is 0 Å². The number of rotatable bonds is 2. The molecule has 0 spiro atoms. The Labute approximate surface area is 93.3 Å². The normalized spacial score (nSPS) is 18.1. The Morgan fingerprint density at radius 1 is 1.13 bits per heavy atom. The van der Waals surface area contributed by atoms with Gasteiger partial charge in [0.05, 0.1) is 0 Å². The lowest BCUT2D eigenvalue weighted by atomic mass is 9.95. The maximum Gasteiger partial charge on any atom is 0.107 e. The molecule has 0 radical (unpaired) electrons. The van der Waals surface area contributed by atoms with Crippen molar-refractivity contribution in [3.63, 3.8) is 0 Å². The highest BCUT2D eigenvalue weighted by Gasteiger charge is 2.15. The quantitative estimate of drug-likeness (QED) is 0.647. The van der Waals surface area contributed by atoms with E-state index in [4.69, 9.17) is 0 Å². The first-order valence-electron chi connectivity index (χ1n) is 5.82. The Bertz CT molecular complexity index is 319. The van der Waals surface area contributed by atoms with Crippen LogP contribution in [0.15, 0.2) is 24.3 Å². The van der Waals surface area contributed by atoms with Crippen LogP contribution in [0.4, 0.5) is 5.69 Å². The van der Waals surface area contributed by atoms with Gasteiger partial charge in [0.25, 0.3) is 0 Å². The number of benzene rings is 1. The number of piperazine rings is 1. The number of para-hydroxylation sites is 1. The predicted octanol–water partition coefficient (Wildman–Crippen LogP) is 0.571. The predicted molar refractivity (Wildman–Crippen MR) is 68.4 cm³/mol. The summed E-state index contributed by atoms with van der Waals surface area (Å²) in [6.07, 6.45) is 1.13. The topological polar surface area (TPSA) is 6.48 Å². The van der Waals surface area contributed by atoms with Gasteiger partial charge in [-0.2, -0.15) is 0 Å². The molecule has 2 nitrogen and oxygen atoms in total. The summed E-state index contributed by atoms with van der Waals surface area (Å²) in [5.74, 6) is 0. The van der Waals surface area contributed by atoms with E-state index in [0.29, 0.717) is 0 Å². The second kappa shape index (κ2) is 4.71. The van der Waals surface area contributed by atoms with E-state index in [9.17, 15) is 0 Å². The second-order valence-electron chi connectivity index (χ2n) is 4.27. The maximum absolute atomic E-state index is 2.51. The van der Waals surface area contributed by atoms with E-state index in [-0.39, 0.29) is 0 Å². The highest BCUT2D eigenvalue weighted by atomic mass is 15.2. The van der Waals surface area contributed by atoms with Crippen LogP contribution < -0.4 is 4.90 Å². The largest absolute Gasteiger partial charge is 0.369 e. The minimum absolute atomic E-state index is 1.13. The third-order valence-corrected chi connectivity index (χ3v) is 3.22. The zero-order valence-electron chi connectivity index (χ0n) is 9.74. The van der Waals surface area contributed by atoms with E-state index in [1.165, 1.54) is 24.3 Å². The highest BCUT2D eigenvalue weighted by Crippen LogP contribution is 2.21. The molecule has 1 fully saturated rings. The number of nitrogens with zero attached hydrogens (tertiary/aromatic N) is 2. The lowest BCUT2D eigenvalue weighted by molar-refractivity contribution is 0.312. The van der Waals surface area contributed by atoms with E-state index in [2.05, 4.69) is 49.0 Å². The molecule has 1 saturated heterocycles. The standard InChI is InChI=1S/C12H19BN2/c1-14-6-8-15(9-7-14)12-5-3-2-4-11(12)10-13/h2-5H,6-10,13H2,1H3. The minimum Gasteiger partial charge on any atom is -0.369 e. The lowest BCUT2D eigenvalue weighted by Crippen LogP contribution is -2.44. The van der Waals surface area contributed by atoms with Crippen LogP contribution in [-0.2, 0) is 6.32 Å². The third kappa shape index (κ3) is 2.35. The van der Waals surface area contributed by atoms with Crippen molar-refractivity contribution in [2.75, 3.05) is 38.1 Å². The van der Waals surface area contributed by atoms with Gasteiger partial charge in [-0.05, 0) is 18.7 Å². The summed E-state index contributed by atoms with van der Waals surface area (Å²) >= 11 is 0. The molecular weight excluding hydrogens is 183 g/mol. The first-order chi connectivity index (χ1) is 7.31. The first-order valence-corrected chi connectivity index (χ1v) is 5.82. The molecule has 15 heavy (non-hydrogen) atoms. The van der Waals surface area contributed by atoms with Gasteiger partial charge < -0.3 is 9.80 Å². The molecule has 0 aromatic heterocycles. The van der Waals surface area contributed by atoms with Gasteiger partial charge in [-0.3, -0.25) is 0 Å². The maximum atomic E-state index is 2.51. The Kier molecular flexibility index (Phi) is 3.32. The van der Waals surface area contributed by atoms with E-state index in [0.717, 1.165) is 19.4 Å². The van der Waals surface area contributed by atoms with Gasteiger partial charge in [-0.25, -0.2) is 0 Å². The molecule has 0 saturated carbocycles. The summed E-state index contributed by atoms with van der Waals surface area (Å²) < 4.78 is 0. The smallest absolute Gasteiger partial charge is 0.107 e. The van der Waals surface area contributed by atoms with E-state index >= 15 is 0 Å². The summed E-state index contributed by atoms with van der Waals surface area (Å²) in [6.45, 7) is 4.68. The number of anilines is 1. The molecule has 1 heterocycles. The zero-order chi connectivity index (χ0) is 10.7. The van der Waals surface area contributed by atoms with Crippen LogP contribution in [0.5, 0.6) is 0 Å². The van der Waals surface area contributed by atoms with Crippen molar-refractivity contribution in [3.8, 4) is 0 Å². The van der Waals surface area contributed by atoms with Gasteiger partial charge in [0, 0.05) is 31.9 Å². The van der Waals surface area contributed by atoms with E-state index in [1.807, 2.05) is 0 Å². The summed E-state index contributed by atoms with van der Waals surface area (Å²) in [5.41, 5.74) is 2.91. The average molecular weight is 202 g/mol. The van der Waals surface area contributed by atoms with Crippen LogP contribution >= 0.6 is 0 Å². The molecule has 0 atom stereocenters. The van der Waals surface area contributed by atoms with Crippen molar-refractivity contribution in [1.82, 2.24) is 4.90 Å². The van der Waals surface area contributed by atoms with Gasteiger partial charge in [-0.1, -0.05) is 24.5 Å². The second-order valence-corrected chi connectivity index (χ2v) is 4.27. The molecule has 0 aliphatic carbocycles. The first kappa shape index (κ1) is 10.6. The van der Waals surface area contributed by atoms with Crippen molar-refractivity contribution in [3.05, 3.63) is 29.8 Å². The molecule has 1 aromatic carbocycles. The van der Waals surface area contributed by atoms with Gasteiger partial charge in [0.2, 0.25) is 0 Å². The Balaban J connectivity index is 2.15. The van der Waals surface area contributed by atoms with Gasteiger partial charge in [-0.15, -0.1) is 0 Å². The average Bonchev–Trinajstić information content (AvgIpc) is 2.30. The van der Waals surface area contributed by atoms with Crippen molar-refractivity contribution < 1.29 is 0 Å². The summed E-state index contributed by atoms with van der Waals surface area (Å²) in [6, 6.07) is 8.78. The van der Waals surface area contributed by atoms with Crippen molar-refractivity contribution in [2.24, 2.45) is 0 Å². The van der Waals surface area contributed by atoms with E-state index < -0.39 is 0 Å². The summed E-state index contributed by atoms with van der Waals surface area (Å²) in [7, 11) is 4.43. The van der Waals surface area contributed by atoms with Crippen molar-refractivity contribution >= 4 is 13.5 Å². The highest BCUT2D eigenvalue weighted by molar-refractivity contribution is 6.08. The number of hydrogen-bond donors (Lipinski definition) is 0. The molecular formula is C12H19BN2. The number of likely N-dealkylation sites (N-methyl/N-ethyl adjacent to an activating group) is 1. The molecule has 80 valence electrons. The number of hydrogen-bond acceptors (Lipinski definition) is 2. The zero-order valence-corrected chi connectivity index (χ0v) is 9.74. The molecule has 1 aliphatic rings. The van der Waals surface area contributed by atoms with Crippen LogP contribution in [0.1, 0.15) is 5.56 Å². The molecule has 0 amide bonds. The van der Waals surface area contributed by atoms with Crippen LogP contribution in [0.3, 0.4) is 0 Å². The van der Waals surface area contributed by atoms with Crippen LogP contribution in [0.25, 0.3) is 0 Å². The third-order valence-electron chi connectivity index (χ3n) is 3.22. The molecule has 2 rings (SSSR count). The lowest BCUT2D eigenvalue weighted by Gasteiger charge is -2.35. The van der Waals surface area contributed by atoms with Crippen molar-refractivity contribution in [2.45, 2.75) is 6.32 Å². The Hall–Kier alpha value is -0.955. The summed E-state index contributed by atoms with van der Waals surface area (Å²) in [4.78, 5) is 4.91. The van der Waals surface area contributed by atoms with Crippen molar-refractivity contribution in [1.29, 1.82) is 0 Å². The monoisotopic (exact) mass is 202 g/mol. The van der Waals surface area contributed by atoms with Gasteiger partial charge >= 0.3 is 0 Å². The molecule has 0 unspecified atom stereocenters. The van der Waals surface area contributed by atoms with Gasteiger partial charge in [0.1, 0.15) is 7.85 Å². The molecule has 1 aliphatic heterocycles. The SMILES string of the molecule is BCc1ccccc1N1CCN(C)CC1. The summed E-state index contributed by atoms with van der Waals surface area (Å²) in [5, 5.41) is 0. The van der Waals surface area contributed by atoms with Gasteiger partial charge in [0.15, 0.2) is 0 Å². The Morgan fingerprint density at radius 2 is 1.80 bits per heavy atom. The molecule has 0 N–H and O–H groups in total. The van der Waals surface area contributed by atoms with Crippen LogP contribution in [0.2, 0.25) is 0 Å². The molecule has 0 bridgehead atoms. The fraction of sp³-hybridized carbons (Fsp3) is 0.500. The minimum atomic E-state index is 1.13. The molecule has 3 heteroatoms. The fourth-order valence-corrected chi connectivity index (χ4v) is 2.17. The molecule has 1 aromatic rings. The van der Waals surface area contributed by atoms with Crippen LogP contribution in [-0.4, -0.2) is 46.0 Å².